The van der Waals surface area contributed by atoms with Crippen LogP contribution in [0.5, 0.6) is 0 Å². The lowest BCUT2D eigenvalue weighted by molar-refractivity contribution is 0.582. The lowest BCUT2D eigenvalue weighted by Crippen LogP contribution is -2.20. The van der Waals surface area contributed by atoms with E-state index in [1.165, 1.54) is 16.7 Å². The van der Waals surface area contributed by atoms with E-state index in [0.29, 0.717) is 5.65 Å². The van der Waals surface area contributed by atoms with Gasteiger partial charge in [-0.05, 0) is 18.2 Å². The van der Waals surface area contributed by atoms with Gasteiger partial charge in [0.1, 0.15) is 17.6 Å². The van der Waals surface area contributed by atoms with E-state index in [9.17, 15) is 13.6 Å². The van der Waals surface area contributed by atoms with Crippen molar-refractivity contribution in [2.45, 2.75) is 0 Å². The molecule has 98 valence electrons. The van der Waals surface area contributed by atoms with Crippen molar-refractivity contribution < 1.29 is 8.78 Å². The van der Waals surface area contributed by atoms with E-state index in [0.717, 1.165) is 16.8 Å². The average Bonchev–Trinajstić information content (AvgIpc) is 2.78. The monoisotopic (exact) mass is 272 g/mol. The van der Waals surface area contributed by atoms with Gasteiger partial charge in [0.05, 0.1) is 5.56 Å². The first kappa shape index (κ1) is 12.0. The molecule has 2 heterocycles. The normalized spacial score (nSPS) is 10.7. The maximum atomic E-state index is 13.9. The molecular formula is C13H6F2N4O. The van der Waals surface area contributed by atoms with E-state index < -0.39 is 22.9 Å². The van der Waals surface area contributed by atoms with Crippen molar-refractivity contribution in [3.05, 3.63) is 64.2 Å². The first-order chi connectivity index (χ1) is 9.61. The van der Waals surface area contributed by atoms with Crippen LogP contribution in [0.3, 0.4) is 0 Å². The third-order valence-corrected chi connectivity index (χ3v) is 2.81. The smallest absolute Gasteiger partial charge is 0.250 e. The fourth-order valence-corrected chi connectivity index (χ4v) is 1.87. The fourth-order valence-electron chi connectivity index (χ4n) is 1.87. The van der Waals surface area contributed by atoms with Gasteiger partial charge in [-0.1, -0.05) is 6.07 Å². The second-order valence-corrected chi connectivity index (χ2v) is 4.02. The second kappa shape index (κ2) is 4.28. The van der Waals surface area contributed by atoms with Crippen LogP contribution >= 0.6 is 0 Å². The van der Waals surface area contributed by atoms with Crippen LogP contribution in [0, 0.1) is 23.0 Å². The summed E-state index contributed by atoms with van der Waals surface area (Å²) in [5.41, 5.74) is -1.08. The number of benzene rings is 1. The van der Waals surface area contributed by atoms with E-state index in [1.807, 2.05) is 0 Å². The predicted molar refractivity (Wildman–Crippen MR) is 65.4 cm³/mol. The van der Waals surface area contributed by atoms with Crippen LogP contribution in [0.1, 0.15) is 5.56 Å². The van der Waals surface area contributed by atoms with Crippen LogP contribution in [-0.2, 0) is 0 Å². The number of fused-ring (bicyclic) bond motifs is 1. The molecule has 0 saturated carbocycles. The van der Waals surface area contributed by atoms with Gasteiger partial charge in [-0.25, -0.2) is 18.0 Å². The molecule has 3 aromatic rings. The lowest BCUT2D eigenvalue weighted by Gasteiger charge is -2.02. The highest BCUT2D eigenvalue weighted by atomic mass is 19.1. The van der Waals surface area contributed by atoms with Crippen molar-refractivity contribution in [3.63, 3.8) is 0 Å². The summed E-state index contributed by atoms with van der Waals surface area (Å²) in [5.74, 6) is -1.80. The topological polar surface area (TPSA) is 63.1 Å². The second-order valence-electron chi connectivity index (χ2n) is 4.02. The maximum Gasteiger partial charge on any atom is 0.355 e. The molecule has 0 N–H and O–H groups in total. The van der Waals surface area contributed by atoms with Crippen LogP contribution in [0.25, 0.3) is 11.3 Å². The third-order valence-electron chi connectivity index (χ3n) is 2.81. The quantitative estimate of drug-likeness (QED) is 0.676. The number of hydrogen-bond donors (Lipinski definition) is 0. The van der Waals surface area contributed by atoms with Crippen LogP contribution in [0.15, 0.2) is 41.3 Å². The van der Waals surface area contributed by atoms with Gasteiger partial charge in [0.2, 0.25) is 0 Å². The van der Waals surface area contributed by atoms with Crippen LogP contribution in [-0.4, -0.2) is 14.2 Å². The predicted octanol–water partition coefficient (Wildman–Crippen LogP) is 1.64. The zero-order valence-electron chi connectivity index (χ0n) is 9.92. The molecule has 0 fully saturated rings. The summed E-state index contributed by atoms with van der Waals surface area (Å²) in [6, 6.07) is 7.90. The average molecular weight is 272 g/mol. The number of aromatic nitrogens is 3. The molecule has 20 heavy (non-hydrogen) atoms. The van der Waals surface area contributed by atoms with Crippen LogP contribution in [0.4, 0.5) is 8.78 Å². The Morgan fingerprint density at radius 2 is 2.00 bits per heavy atom. The maximum absolute atomic E-state index is 13.9. The molecule has 0 aliphatic heterocycles. The zero-order valence-corrected chi connectivity index (χ0v) is 9.92. The molecule has 0 atom stereocenters. The largest absolute Gasteiger partial charge is 0.355 e. The number of hydrogen-bond acceptors (Lipinski definition) is 3. The molecular weight excluding hydrogens is 266 g/mol. The molecule has 0 amide bonds. The standard InChI is InChI=1S/C13H6F2N4O/c14-9-6-11(10(15)5-8(9)7-16)19-13(20)18-4-2-1-3-12(18)17-19/h1-6H. The van der Waals surface area contributed by atoms with Crippen molar-refractivity contribution in [1.29, 1.82) is 5.26 Å². The Balaban J connectivity index is 2.32. The molecule has 5 nitrogen and oxygen atoms in total. The van der Waals surface area contributed by atoms with Gasteiger partial charge in [0, 0.05) is 12.3 Å². The van der Waals surface area contributed by atoms with Crippen molar-refractivity contribution in [3.8, 4) is 11.8 Å². The highest BCUT2D eigenvalue weighted by Crippen LogP contribution is 2.16. The minimum absolute atomic E-state index is 0.307. The fraction of sp³-hybridized carbons (Fsp3) is 0. The van der Waals surface area contributed by atoms with E-state index in [4.69, 9.17) is 5.26 Å². The van der Waals surface area contributed by atoms with Gasteiger partial charge >= 0.3 is 5.69 Å². The summed E-state index contributed by atoms with van der Waals surface area (Å²) in [5, 5.41) is 12.5. The Hall–Kier alpha value is -3.01. The first-order valence-corrected chi connectivity index (χ1v) is 5.58. The van der Waals surface area contributed by atoms with Crippen molar-refractivity contribution in [1.82, 2.24) is 14.2 Å². The number of nitriles is 1. The summed E-state index contributed by atoms with van der Waals surface area (Å²) in [7, 11) is 0. The van der Waals surface area contributed by atoms with E-state index in [1.54, 1.807) is 18.2 Å². The molecule has 3 rings (SSSR count). The summed E-state index contributed by atoms with van der Waals surface area (Å²) in [6.45, 7) is 0. The molecule has 0 aliphatic rings. The Labute approximate surface area is 110 Å². The highest BCUT2D eigenvalue weighted by molar-refractivity contribution is 5.44. The van der Waals surface area contributed by atoms with Gasteiger partial charge in [-0.2, -0.15) is 9.94 Å². The first-order valence-electron chi connectivity index (χ1n) is 5.58. The minimum Gasteiger partial charge on any atom is -0.250 e. The minimum atomic E-state index is -0.909. The molecule has 0 radical (unpaired) electrons. The van der Waals surface area contributed by atoms with Gasteiger partial charge in [-0.15, -0.1) is 5.10 Å². The Kier molecular flexibility index (Phi) is 2.57. The molecule has 2 aromatic heterocycles. The molecule has 1 aromatic carbocycles. The number of pyridine rings is 1. The lowest BCUT2D eigenvalue weighted by atomic mass is 10.2. The zero-order chi connectivity index (χ0) is 14.3. The Bertz CT molecular complexity index is 920. The Morgan fingerprint density at radius 3 is 2.70 bits per heavy atom. The van der Waals surface area contributed by atoms with Gasteiger partial charge < -0.3 is 0 Å². The van der Waals surface area contributed by atoms with E-state index in [-0.39, 0.29) is 5.69 Å². The third kappa shape index (κ3) is 1.66. The molecule has 0 unspecified atom stereocenters. The summed E-state index contributed by atoms with van der Waals surface area (Å²) in [4.78, 5) is 12.1. The van der Waals surface area contributed by atoms with Crippen LogP contribution in [0.2, 0.25) is 0 Å². The van der Waals surface area contributed by atoms with Gasteiger partial charge in [0.25, 0.3) is 0 Å². The summed E-state index contributed by atoms with van der Waals surface area (Å²) in [6.07, 6.45) is 1.47. The highest BCUT2D eigenvalue weighted by Gasteiger charge is 2.15. The molecule has 0 bridgehead atoms. The van der Waals surface area contributed by atoms with Crippen molar-refractivity contribution in [2.24, 2.45) is 0 Å². The van der Waals surface area contributed by atoms with Crippen LogP contribution < -0.4 is 5.69 Å². The summed E-state index contributed by atoms with van der Waals surface area (Å²) >= 11 is 0. The molecule has 0 saturated heterocycles. The van der Waals surface area contributed by atoms with Crippen molar-refractivity contribution in [2.75, 3.05) is 0 Å². The number of nitrogens with zero attached hydrogens (tertiary/aromatic N) is 4. The van der Waals surface area contributed by atoms with Gasteiger partial charge in [-0.3, -0.25) is 0 Å². The van der Waals surface area contributed by atoms with E-state index >= 15 is 0 Å². The SMILES string of the molecule is N#Cc1cc(F)c(-n2nc3ccccn3c2=O)cc1F. The molecule has 0 spiro atoms. The number of halogens is 2. The molecule has 7 heteroatoms. The Morgan fingerprint density at radius 1 is 1.20 bits per heavy atom. The van der Waals surface area contributed by atoms with E-state index in [2.05, 4.69) is 5.10 Å². The summed E-state index contributed by atoms with van der Waals surface area (Å²) < 4.78 is 29.4. The van der Waals surface area contributed by atoms with Gasteiger partial charge in [0.15, 0.2) is 11.5 Å². The van der Waals surface area contributed by atoms with Crippen molar-refractivity contribution >= 4 is 5.65 Å². The molecule has 0 aliphatic carbocycles. The number of rotatable bonds is 1.